The molecule has 2 aromatic rings. The van der Waals surface area contributed by atoms with Crippen molar-refractivity contribution in [3.8, 4) is 0 Å². The SMILES string of the molecule is Cc1ccc(CN)c(N(C)c2ccc(F)cc2)c1. The average Bonchev–Trinajstić information content (AvgIpc) is 2.39. The molecule has 0 aromatic heterocycles. The van der Waals surface area contributed by atoms with E-state index in [1.165, 1.54) is 17.7 Å². The second-order valence-corrected chi connectivity index (χ2v) is 4.37. The fourth-order valence-electron chi connectivity index (χ4n) is 1.96. The van der Waals surface area contributed by atoms with E-state index in [1.807, 2.05) is 31.0 Å². The third-order valence-corrected chi connectivity index (χ3v) is 3.04. The molecule has 2 N–H and O–H groups in total. The van der Waals surface area contributed by atoms with E-state index in [1.54, 1.807) is 12.1 Å². The first-order valence-corrected chi connectivity index (χ1v) is 5.90. The van der Waals surface area contributed by atoms with E-state index in [9.17, 15) is 4.39 Å². The molecule has 3 heteroatoms. The smallest absolute Gasteiger partial charge is 0.123 e. The molecule has 0 aliphatic heterocycles. The summed E-state index contributed by atoms with van der Waals surface area (Å²) in [6.07, 6.45) is 0. The molecule has 0 atom stereocenters. The van der Waals surface area contributed by atoms with Crippen LogP contribution in [0.1, 0.15) is 11.1 Å². The van der Waals surface area contributed by atoms with Gasteiger partial charge in [0.2, 0.25) is 0 Å². The van der Waals surface area contributed by atoms with Gasteiger partial charge in [-0.1, -0.05) is 12.1 Å². The van der Waals surface area contributed by atoms with Crippen LogP contribution in [0.3, 0.4) is 0 Å². The van der Waals surface area contributed by atoms with Crippen molar-refractivity contribution in [3.05, 3.63) is 59.4 Å². The number of benzene rings is 2. The normalized spacial score (nSPS) is 10.4. The number of nitrogens with two attached hydrogens (primary N) is 1. The van der Waals surface area contributed by atoms with Crippen molar-refractivity contribution in [3.63, 3.8) is 0 Å². The van der Waals surface area contributed by atoms with Gasteiger partial charge in [0.25, 0.3) is 0 Å². The standard InChI is InChI=1S/C15H17FN2/c1-11-3-4-12(10-17)15(9-11)18(2)14-7-5-13(16)6-8-14/h3-9H,10,17H2,1-2H3. The quantitative estimate of drug-likeness (QED) is 0.897. The Morgan fingerprint density at radius 1 is 1.11 bits per heavy atom. The van der Waals surface area contributed by atoms with Gasteiger partial charge in [-0.2, -0.15) is 0 Å². The third kappa shape index (κ3) is 2.51. The first-order valence-electron chi connectivity index (χ1n) is 5.90. The Morgan fingerprint density at radius 3 is 2.39 bits per heavy atom. The molecule has 0 aliphatic carbocycles. The monoisotopic (exact) mass is 244 g/mol. The van der Waals surface area contributed by atoms with Gasteiger partial charge in [-0.05, 0) is 48.4 Å². The zero-order valence-electron chi connectivity index (χ0n) is 10.7. The highest BCUT2D eigenvalue weighted by Crippen LogP contribution is 2.28. The fraction of sp³-hybridized carbons (Fsp3) is 0.200. The van der Waals surface area contributed by atoms with Crippen molar-refractivity contribution in [2.24, 2.45) is 5.73 Å². The minimum atomic E-state index is -0.226. The molecule has 0 amide bonds. The number of nitrogens with zero attached hydrogens (tertiary/aromatic N) is 1. The summed E-state index contributed by atoms with van der Waals surface area (Å²) in [5, 5.41) is 0. The molecule has 2 aromatic carbocycles. The molecule has 0 saturated carbocycles. The minimum Gasteiger partial charge on any atom is -0.344 e. The molecule has 18 heavy (non-hydrogen) atoms. The first-order chi connectivity index (χ1) is 8.61. The van der Waals surface area contributed by atoms with Gasteiger partial charge in [0, 0.05) is 25.0 Å². The lowest BCUT2D eigenvalue weighted by molar-refractivity contribution is 0.628. The van der Waals surface area contributed by atoms with Gasteiger partial charge in [0.1, 0.15) is 5.82 Å². The summed E-state index contributed by atoms with van der Waals surface area (Å²) in [5.41, 5.74) is 10.0. The van der Waals surface area contributed by atoms with Crippen LogP contribution in [-0.2, 0) is 6.54 Å². The molecule has 2 rings (SSSR count). The highest BCUT2D eigenvalue weighted by Gasteiger charge is 2.08. The lowest BCUT2D eigenvalue weighted by Crippen LogP contribution is -2.13. The van der Waals surface area contributed by atoms with Crippen molar-refractivity contribution >= 4 is 11.4 Å². The summed E-state index contributed by atoms with van der Waals surface area (Å²) >= 11 is 0. The molecular formula is C15H17FN2. The third-order valence-electron chi connectivity index (χ3n) is 3.04. The van der Waals surface area contributed by atoms with Gasteiger partial charge >= 0.3 is 0 Å². The molecule has 0 saturated heterocycles. The van der Waals surface area contributed by atoms with Crippen LogP contribution in [-0.4, -0.2) is 7.05 Å². The lowest BCUT2D eigenvalue weighted by Gasteiger charge is -2.23. The maximum Gasteiger partial charge on any atom is 0.123 e. The van der Waals surface area contributed by atoms with Crippen molar-refractivity contribution in [1.82, 2.24) is 0 Å². The maximum atomic E-state index is 12.9. The van der Waals surface area contributed by atoms with Crippen LogP contribution < -0.4 is 10.6 Å². The molecule has 0 aliphatic rings. The number of halogens is 1. The van der Waals surface area contributed by atoms with Crippen molar-refractivity contribution < 1.29 is 4.39 Å². The topological polar surface area (TPSA) is 29.3 Å². The van der Waals surface area contributed by atoms with Gasteiger partial charge in [0.15, 0.2) is 0 Å². The Bertz CT molecular complexity index is 535. The Kier molecular flexibility index (Phi) is 3.63. The Balaban J connectivity index is 2.41. The van der Waals surface area contributed by atoms with Crippen LogP contribution in [0.2, 0.25) is 0 Å². The second kappa shape index (κ2) is 5.19. The van der Waals surface area contributed by atoms with E-state index >= 15 is 0 Å². The number of rotatable bonds is 3. The van der Waals surface area contributed by atoms with Gasteiger partial charge in [-0.3, -0.25) is 0 Å². The molecule has 0 fully saturated rings. The van der Waals surface area contributed by atoms with Gasteiger partial charge in [-0.15, -0.1) is 0 Å². The molecule has 0 bridgehead atoms. The van der Waals surface area contributed by atoms with Crippen LogP contribution in [0.5, 0.6) is 0 Å². The number of aryl methyl sites for hydroxylation is 1. The molecule has 0 radical (unpaired) electrons. The van der Waals surface area contributed by atoms with E-state index in [-0.39, 0.29) is 5.82 Å². The molecular weight excluding hydrogens is 227 g/mol. The van der Waals surface area contributed by atoms with E-state index in [4.69, 9.17) is 5.73 Å². The molecule has 2 nitrogen and oxygen atoms in total. The average molecular weight is 244 g/mol. The Labute approximate surface area is 107 Å². The minimum absolute atomic E-state index is 0.226. The number of hydrogen-bond donors (Lipinski definition) is 1. The predicted molar refractivity (Wildman–Crippen MR) is 73.5 cm³/mol. The maximum absolute atomic E-state index is 12.9. The molecule has 0 unspecified atom stereocenters. The van der Waals surface area contributed by atoms with Crippen LogP contribution >= 0.6 is 0 Å². The Hall–Kier alpha value is -1.87. The highest BCUT2D eigenvalue weighted by atomic mass is 19.1. The fourth-order valence-corrected chi connectivity index (χ4v) is 1.96. The summed E-state index contributed by atoms with van der Waals surface area (Å²) in [4.78, 5) is 2.02. The summed E-state index contributed by atoms with van der Waals surface area (Å²) in [7, 11) is 1.96. The summed E-state index contributed by atoms with van der Waals surface area (Å²) in [6, 6.07) is 12.6. The van der Waals surface area contributed by atoms with E-state index < -0.39 is 0 Å². The van der Waals surface area contributed by atoms with E-state index in [0.717, 1.165) is 16.9 Å². The van der Waals surface area contributed by atoms with Crippen LogP contribution in [0, 0.1) is 12.7 Å². The van der Waals surface area contributed by atoms with Crippen molar-refractivity contribution in [1.29, 1.82) is 0 Å². The second-order valence-electron chi connectivity index (χ2n) is 4.37. The summed E-state index contributed by atoms with van der Waals surface area (Å²) in [5.74, 6) is -0.226. The van der Waals surface area contributed by atoms with Crippen LogP contribution in [0.25, 0.3) is 0 Å². The first kappa shape index (κ1) is 12.6. The van der Waals surface area contributed by atoms with Crippen molar-refractivity contribution in [2.75, 3.05) is 11.9 Å². The molecule has 94 valence electrons. The molecule has 0 heterocycles. The summed E-state index contributed by atoms with van der Waals surface area (Å²) < 4.78 is 12.9. The van der Waals surface area contributed by atoms with E-state index in [0.29, 0.717) is 6.54 Å². The highest BCUT2D eigenvalue weighted by molar-refractivity contribution is 5.66. The van der Waals surface area contributed by atoms with Crippen LogP contribution in [0.4, 0.5) is 15.8 Å². The lowest BCUT2D eigenvalue weighted by atomic mass is 10.1. The molecule has 0 spiro atoms. The van der Waals surface area contributed by atoms with Gasteiger partial charge in [0.05, 0.1) is 0 Å². The van der Waals surface area contributed by atoms with Gasteiger partial charge < -0.3 is 10.6 Å². The van der Waals surface area contributed by atoms with Gasteiger partial charge in [-0.25, -0.2) is 4.39 Å². The predicted octanol–water partition coefficient (Wildman–Crippen LogP) is 3.36. The zero-order chi connectivity index (χ0) is 13.1. The van der Waals surface area contributed by atoms with Crippen LogP contribution in [0.15, 0.2) is 42.5 Å². The number of anilines is 2. The summed E-state index contributed by atoms with van der Waals surface area (Å²) in [6.45, 7) is 2.53. The van der Waals surface area contributed by atoms with E-state index in [2.05, 4.69) is 6.07 Å². The Morgan fingerprint density at radius 2 is 1.78 bits per heavy atom. The largest absolute Gasteiger partial charge is 0.344 e. The zero-order valence-corrected chi connectivity index (χ0v) is 10.7. The number of hydrogen-bond acceptors (Lipinski definition) is 2. The van der Waals surface area contributed by atoms with Crippen molar-refractivity contribution in [2.45, 2.75) is 13.5 Å².